The van der Waals surface area contributed by atoms with E-state index in [-0.39, 0.29) is 11.8 Å². The molecular weight excluding hydrogens is 198 g/mol. The van der Waals surface area contributed by atoms with Gasteiger partial charge in [0.05, 0.1) is 5.75 Å². The second-order valence-electron chi connectivity index (χ2n) is 2.82. The minimum absolute atomic E-state index is 0.0564. The number of halogens is 1. The molecule has 0 bridgehead atoms. The summed E-state index contributed by atoms with van der Waals surface area (Å²) >= 11 is 5.47. The Hall–Kier alpha value is 0.200. The molecule has 5 heteroatoms. The van der Waals surface area contributed by atoms with Crippen LogP contribution in [0, 0.1) is 0 Å². The quantitative estimate of drug-likeness (QED) is 0.677. The third-order valence-corrected chi connectivity index (χ3v) is 3.32. The van der Waals surface area contributed by atoms with Crippen LogP contribution in [0.5, 0.6) is 0 Å². The number of sulfonamides is 1. The van der Waals surface area contributed by atoms with Crippen LogP contribution >= 0.6 is 11.6 Å². The van der Waals surface area contributed by atoms with Gasteiger partial charge in [0.15, 0.2) is 0 Å². The van der Waals surface area contributed by atoms with Gasteiger partial charge in [0.1, 0.15) is 0 Å². The number of hydrogen-bond donors (Lipinski definition) is 1. The van der Waals surface area contributed by atoms with E-state index in [1.807, 2.05) is 13.8 Å². The maximum absolute atomic E-state index is 11.2. The Morgan fingerprint density at radius 2 is 2.08 bits per heavy atom. The van der Waals surface area contributed by atoms with Gasteiger partial charge in [0.2, 0.25) is 10.0 Å². The Labute approximate surface area is 79.5 Å². The first-order valence-corrected chi connectivity index (χ1v) is 6.26. The zero-order valence-corrected chi connectivity index (χ0v) is 9.08. The summed E-state index contributed by atoms with van der Waals surface area (Å²) in [7, 11) is -3.06. The standard InChI is InChI=1S/C7H16ClNO2S/c1-3-6-12(10,11)9-7(2)4-5-8/h7,9H,3-6H2,1-2H3. The van der Waals surface area contributed by atoms with Crippen molar-refractivity contribution >= 4 is 21.6 Å². The lowest BCUT2D eigenvalue weighted by atomic mass is 10.3. The van der Waals surface area contributed by atoms with Gasteiger partial charge in [-0.05, 0) is 19.8 Å². The van der Waals surface area contributed by atoms with Crippen molar-refractivity contribution in [1.82, 2.24) is 4.72 Å². The fraction of sp³-hybridized carbons (Fsp3) is 1.00. The van der Waals surface area contributed by atoms with Crippen molar-refractivity contribution in [2.45, 2.75) is 32.7 Å². The molecule has 0 rings (SSSR count). The zero-order valence-electron chi connectivity index (χ0n) is 7.51. The van der Waals surface area contributed by atoms with Gasteiger partial charge in [-0.2, -0.15) is 0 Å². The molecule has 0 aromatic rings. The van der Waals surface area contributed by atoms with Crippen molar-refractivity contribution in [3.63, 3.8) is 0 Å². The van der Waals surface area contributed by atoms with Gasteiger partial charge in [-0.1, -0.05) is 6.92 Å². The summed E-state index contributed by atoms with van der Waals surface area (Å²) in [6.45, 7) is 3.65. The minimum atomic E-state index is -3.06. The lowest BCUT2D eigenvalue weighted by molar-refractivity contribution is 0.555. The topological polar surface area (TPSA) is 46.2 Å². The van der Waals surface area contributed by atoms with Crippen molar-refractivity contribution < 1.29 is 8.42 Å². The average Bonchev–Trinajstić information content (AvgIpc) is 1.85. The summed E-state index contributed by atoms with van der Waals surface area (Å²) in [6.07, 6.45) is 1.31. The normalized spacial score (nSPS) is 14.6. The molecule has 0 heterocycles. The first-order valence-electron chi connectivity index (χ1n) is 4.07. The third-order valence-electron chi connectivity index (χ3n) is 1.40. The molecule has 0 aliphatic heterocycles. The molecule has 0 saturated carbocycles. The molecular formula is C7H16ClNO2S. The van der Waals surface area contributed by atoms with E-state index in [0.29, 0.717) is 18.7 Å². The molecule has 0 aliphatic carbocycles. The highest BCUT2D eigenvalue weighted by Crippen LogP contribution is 1.97. The molecule has 12 heavy (non-hydrogen) atoms. The maximum Gasteiger partial charge on any atom is 0.211 e. The Morgan fingerprint density at radius 1 is 1.50 bits per heavy atom. The molecule has 0 radical (unpaired) electrons. The summed E-state index contributed by atoms with van der Waals surface area (Å²) in [5.41, 5.74) is 0. The fourth-order valence-corrected chi connectivity index (χ4v) is 2.57. The zero-order chi connectivity index (χ0) is 9.61. The molecule has 0 aromatic heterocycles. The van der Waals surface area contributed by atoms with Crippen LogP contribution in [-0.2, 0) is 10.0 Å². The van der Waals surface area contributed by atoms with E-state index < -0.39 is 10.0 Å². The number of rotatable bonds is 6. The van der Waals surface area contributed by atoms with Crippen molar-refractivity contribution in [2.75, 3.05) is 11.6 Å². The van der Waals surface area contributed by atoms with E-state index >= 15 is 0 Å². The summed E-state index contributed by atoms with van der Waals surface area (Å²) in [5.74, 6) is 0.676. The number of hydrogen-bond acceptors (Lipinski definition) is 2. The first-order chi connectivity index (χ1) is 5.52. The van der Waals surface area contributed by atoms with Crippen LogP contribution in [0.4, 0.5) is 0 Å². The second-order valence-corrected chi connectivity index (χ2v) is 5.07. The Bertz CT molecular complexity index is 203. The van der Waals surface area contributed by atoms with Crippen LogP contribution in [0.3, 0.4) is 0 Å². The van der Waals surface area contributed by atoms with Gasteiger partial charge in [-0.25, -0.2) is 13.1 Å². The van der Waals surface area contributed by atoms with Gasteiger partial charge >= 0.3 is 0 Å². The maximum atomic E-state index is 11.2. The van der Waals surface area contributed by atoms with E-state index in [1.165, 1.54) is 0 Å². The third kappa shape index (κ3) is 5.80. The highest BCUT2D eigenvalue weighted by molar-refractivity contribution is 7.89. The minimum Gasteiger partial charge on any atom is -0.212 e. The summed E-state index contributed by atoms with van der Waals surface area (Å²) in [4.78, 5) is 0. The largest absolute Gasteiger partial charge is 0.212 e. The van der Waals surface area contributed by atoms with Crippen LogP contribution in [0.2, 0.25) is 0 Å². The van der Waals surface area contributed by atoms with Gasteiger partial charge in [0, 0.05) is 11.9 Å². The highest BCUT2D eigenvalue weighted by atomic mass is 35.5. The average molecular weight is 214 g/mol. The Balaban J connectivity index is 3.89. The molecule has 1 unspecified atom stereocenters. The Kier molecular flexibility index (Phi) is 5.88. The van der Waals surface area contributed by atoms with E-state index in [4.69, 9.17) is 11.6 Å². The molecule has 3 nitrogen and oxygen atoms in total. The molecule has 1 atom stereocenters. The van der Waals surface area contributed by atoms with Crippen molar-refractivity contribution in [2.24, 2.45) is 0 Å². The first kappa shape index (κ1) is 12.2. The lowest BCUT2D eigenvalue weighted by Crippen LogP contribution is -2.34. The molecule has 0 aromatic carbocycles. The predicted octanol–water partition coefficient (Wildman–Crippen LogP) is 1.33. The van der Waals surface area contributed by atoms with E-state index in [1.54, 1.807) is 0 Å². The molecule has 0 spiro atoms. The van der Waals surface area contributed by atoms with Crippen LogP contribution in [0.25, 0.3) is 0 Å². The van der Waals surface area contributed by atoms with Gasteiger partial charge in [-0.3, -0.25) is 0 Å². The van der Waals surface area contributed by atoms with Gasteiger partial charge < -0.3 is 0 Å². The van der Waals surface area contributed by atoms with E-state index in [0.717, 1.165) is 0 Å². The summed E-state index contributed by atoms with van der Waals surface area (Å²) in [6, 6.07) is -0.0564. The van der Waals surface area contributed by atoms with Gasteiger partial charge in [-0.15, -0.1) is 11.6 Å². The fourth-order valence-electron chi connectivity index (χ4n) is 0.857. The molecule has 0 aliphatic rings. The lowest BCUT2D eigenvalue weighted by Gasteiger charge is -2.11. The van der Waals surface area contributed by atoms with Crippen LogP contribution in [0.15, 0.2) is 0 Å². The number of nitrogens with one attached hydrogen (secondary N) is 1. The molecule has 1 N–H and O–H groups in total. The van der Waals surface area contributed by atoms with E-state index in [2.05, 4.69) is 4.72 Å². The smallest absolute Gasteiger partial charge is 0.211 e. The Morgan fingerprint density at radius 3 is 2.50 bits per heavy atom. The van der Waals surface area contributed by atoms with E-state index in [9.17, 15) is 8.42 Å². The molecule has 0 amide bonds. The highest BCUT2D eigenvalue weighted by Gasteiger charge is 2.11. The predicted molar refractivity (Wildman–Crippen MR) is 52.0 cm³/mol. The molecule has 0 fully saturated rings. The van der Waals surface area contributed by atoms with Crippen LogP contribution in [0.1, 0.15) is 26.7 Å². The summed E-state index contributed by atoms with van der Waals surface area (Å²) in [5, 5.41) is 0. The van der Waals surface area contributed by atoms with Crippen molar-refractivity contribution in [3.8, 4) is 0 Å². The molecule has 74 valence electrons. The summed E-state index contributed by atoms with van der Waals surface area (Å²) < 4.78 is 24.9. The van der Waals surface area contributed by atoms with Crippen LogP contribution < -0.4 is 4.72 Å². The monoisotopic (exact) mass is 213 g/mol. The van der Waals surface area contributed by atoms with Crippen molar-refractivity contribution in [3.05, 3.63) is 0 Å². The van der Waals surface area contributed by atoms with Crippen LogP contribution in [-0.4, -0.2) is 26.1 Å². The van der Waals surface area contributed by atoms with Gasteiger partial charge in [0.25, 0.3) is 0 Å². The molecule has 0 saturated heterocycles. The second kappa shape index (κ2) is 5.78. The number of alkyl halides is 1. The SMILES string of the molecule is CCCS(=O)(=O)NC(C)CCCl. The van der Waals surface area contributed by atoms with Crippen molar-refractivity contribution in [1.29, 1.82) is 0 Å².